The number of aryl methyl sites for hydroxylation is 1. The van der Waals surface area contributed by atoms with Crippen LogP contribution in [0.15, 0.2) is 60.7 Å². The molecule has 0 saturated heterocycles. The summed E-state index contributed by atoms with van der Waals surface area (Å²) in [5, 5.41) is 2.49. The van der Waals surface area contributed by atoms with Crippen LogP contribution >= 0.6 is 0 Å². The summed E-state index contributed by atoms with van der Waals surface area (Å²) in [4.78, 5) is 10.7. The van der Waals surface area contributed by atoms with E-state index in [0.717, 1.165) is 11.8 Å². The molecule has 3 rings (SSSR count). The Hall–Kier alpha value is -2.41. The molecule has 0 radical (unpaired) electrons. The minimum atomic E-state index is 0.710. The molecular formula is C18H14O. The number of hydrogen-bond acceptors (Lipinski definition) is 1. The lowest BCUT2D eigenvalue weighted by atomic mass is 9.93. The summed E-state index contributed by atoms with van der Waals surface area (Å²) in [5.41, 5.74) is 4.36. The van der Waals surface area contributed by atoms with Gasteiger partial charge in [-0.25, -0.2) is 0 Å². The summed E-state index contributed by atoms with van der Waals surface area (Å²) in [6.45, 7) is 2.12. The molecule has 0 N–H and O–H groups in total. The van der Waals surface area contributed by atoms with Crippen molar-refractivity contribution in [2.45, 2.75) is 6.92 Å². The molecule has 0 aliphatic carbocycles. The van der Waals surface area contributed by atoms with Crippen LogP contribution in [-0.4, -0.2) is 6.29 Å². The second kappa shape index (κ2) is 4.69. The number of carbonyl (C=O) groups is 1. The molecule has 3 aromatic carbocycles. The largest absolute Gasteiger partial charge is 0.298 e. The Bertz CT molecular complexity index is 739. The molecule has 1 nitrogen and oxygen atoms in total. The molecule has 0 heterocycles. The third kappa shape index (κ3) is 2.04. The second-order valence-corrected chi connectivity index (χ2v) is 4.72. The first-order valence-corrected chi connectivity index (χ1v) is 6.33. The molecule has 19 heavy (non-hydrogen) atoms. The van der Waals surface area contributed by atoms with Gasteiger partial charge in [-0.2, -0.15) is 0 Å². The smallest absolute Gasteiger partial charge is 0.150 e. The quantitative estimate of drug-likeness (QED) is 0.602. The van der Waals surface area contributed by atoms with Gasteiger partial charge in [0.1, 0.15) is 6.29 Å². The highest BCUT2D eigenvalue weighted by Gasteiger charge is 2.06. The van der Waals surface area contributed by atoms with E-state index in [1.165, 1.54) is 21.9 Å². The Balaban J connectivity index is 2.28. The summed E-state index contributed by atoms with van der Waals surface area (Å²) in [7, 11) is 0. The average molecular weight is 246 g/mol. The van der Waals surface area contributed by atoms with Gasteiger partial charge in [-0.1, -0.05) is 60.7 Å². The normalized spacial score (nSPS) is 10.6. The predicted octanol–water partition coefficient (Wildman–Crippen LogP) is 4.63. The van der Waals surface area contributed by atoms with Gasteiger partial charge < -0.3 is 0 Å². The second-order valence-electron chi connectivity index (χ2n) is 4.72. The van der Waals surface area contributed by atoms with Crippen molar-refractivity contribution in [3.8, 4) is 11.1 Å². The maximum atomic E-state index is 10.7. The third-order valence-electron chi connectivity index (χ3n) is 3.47. The molecule has 1 heteroatoms. The molecule has 92 valence electrons. The number of fused-ring (bicyclic) bond motifs is 1. The number of aldehydes is 1. The van der Waals surface area contributed by atoms with Crippen molar-refractivity contribution in [3.05, 3.63) is 71.8 Å². The Morgan fingerprint density at radius 1 is 0.842 bits per heavy atom. The van der Waals surface area contributed by atoms with E-state index in [-0.39, 0.29) is 0 Å². The molecule has 0 unspecified atom stereocenters. The third-order valence-corrected chi connectivity index (χ3v) is 3.47. The minimum Gasteiger partial charge on any atom is -0.298 e. The maximum absolute atomic E-state index is 10.7. The zero-order valence-corrected chi connectivity index (χ0v) is 10.8. The first-order chi connectivity index (χ1) is 9.29. The van der Waals surface area contributed by atoms with E-state index < -0.39 is 0 Å². The highest BCUT2D eigenvalue weighted by atomic mass is 16.1. The van der Waals surface area contributed by atoms with Crippen molar-refractivity contribution in [2.24, 2.45) is 0 Å². The Morgan fingerprint density at radius 2 is 1.58 bits per heavy atom. The fourth-order valence-corrected chi connectivity index (χ4v) is 2.49. The van der Waals surface area contributed by atoms with Crippen molar-refractivity contribution in [3.63, 3.8) is 0 Å². The molecule has 0 saturated carbocycles. The lowest BCUT2D eigenvalue weighted by molar-refractivity contribution is 0.112. The van der Waals surface area contributed by atoms with Gasteiger partial charge in [0.25, 0.3) is 0 Å². The van der Waals surface area contributed by atoms with E-state index in [4.69, 9.17) is 0 Å². The van der Waals surface area contributed by atoms with Crippen LogP contribution in [0.1, 0.15) is 15.9 Å². The van der Waals surface area contributed by atoms with Gasteiger partial charge in [0.2, 0.25) is 0 Å². The van der Waals surface area contributed by atoms with Crippen LogP contribution in [0.3, 0.4) is 0 Å². The van der Waals surface area contributed by atoms with Crippen LogP contribution < -0.4 is 0 Å². The highest BCUT2D eigenvalue weighted by Crippen LogP contribution is 2.31. The zero-order chi connectivity index (χ0) is 13.2. The van der Waals surface area contributed by atoms with E-state index in [2.05, 4.69) is 43.3 Å². The number of carbonyl (C=O) groups excluding carboxylic acids is 1. The van der Waals surface area contributed by atoms with Crippen LogP contribution in [0.5, 0.6) is 0 Å². The van der Waals surface area contributed by atoms with E-state index in [1.54, 1.807) is 0 Å². The summed E-state index contributed by atoms with van der Waals surface area (Å²) in [6, 6.07) is 20.4. The molecule has 0 atom stereocenters. The van der Waals surface area contributed by atoms with Gasteiger partial charge in [-0.15, -0.1) is 0 Å². The first kappa shape index (κ1) is 11.7. The topological polar surface area (TPSA) is 17.1 Å². The monoisotopic (exact) mass is 246 g/mol. The molecular weight excluding hydrogens is 232 g/mol. The van der Waals surface area contributed by atoms with Gasteiger partial charge in [-0.05, 0) is 34.4 Å². The van der Waals surface area contributed by atoms with E-state index >= 15 is 0 Å². The fraction of sp³-hybridized carbons (Fsp3) is 0.0556. The Labute approximate surface area is 112 Å². The van der Waals surface area contributed by atoms with E-state index in [1.807, 2.05) is 24.3 Å². The zero-order valence-electron chi connectivity index (χ0n) is 10.8. The molecule has 3 aromatic rings. The lowest BCUT2D eigenvalue weighted by Gasteiger charge is -2.10. The molecule has 0 aliphatic rings. The molecule has 0 amide bonds. The van der Waals surface area contributed by atoms with Crippen LogP contribution in [0, 0.1) is 6.92 Å². The predicted molar refractivity (Wildman–Crippen MR) is 79.5 cm³/mol. The fourth-order valence-electron chi connectivity index (χ4n) is 2.49. The van der Waals surface area contributed by atoms with Crippen molar-refractivity contribution in [2.75, 3.05) is 0 Å². The minimum absolute atomic E-state index is 0.710. The highest BCUT2D eigenvalue weighted by molar-refractivity contribution is 5.98. The summed E-state index contributed by atoms with van der Waals surface area (Å²) >= 11 is 0. The van der Waals surface area contributed by atoms with Gasteiger partial charge in [0, 0.05) is 5.56 Å². The van der Waals surface area contributed by atoms with Gasteiger partial charge in [0.05, 0.1) is 0 Å². The van der Waals surface area contributed by atoms with Gasteiger partial charge in [-0.3, -0.25) is 4.79 Å². The number of rotatable bonds is 2. The van der Waals surface area contributed by atoms with Gasteiger partial charge in [0.15, 0.2) is 0 Å². The maximum Gasteiger partial charge on any atom is 0.150 e. The average Bonchev–Trinajstić information content (AvgIpc) is 2.47. The molecule has 0 bridgehead atoms. The van der Waals surface area contributed by atoms with Crippen LogP contribution in [0.4, 0.5) is 0 Å². The van der Waals surface area contributed by atoms with Crippen molar-refractivity contribution in [1.29, 1.82) is 0 Å². The van der Waals surface area contributed by atoms with Crippen LogP contribution in [0.25, 0.3) is 21.9 Å². The summed E-state index contributed by atoms with van der Waals surface area (Å²) in [5.74, 6) is 0. The van der Waals surface area contributed by atoms with E-state index in [9.17, 15) is 4.79 Å². The van der Waals surface area contributed by atoms with Crippen molar-refractivity contribution in [1.82, 2.24) is 0 Å². The van der Waals surface area contributed by atoms with Gasteiger partial charge >= 0.3 is 0 Å². The Kier molecular flexibility index (Phi) is 2.88. The lowest BCUT2D eigenvalue weighted by Crippen LogP contribution is -1.87. The number of hydrogen-bond donors (Lipinski definition) is 0. The number of benzene rings is 3. The molecule has 0 aliphatic heterocycles. The molecule has 0 fully saturated rings. The van der Waals surface area contributed by atoms with Crippen molar-refractivity contribution >= 4 is 17.1 Å². The van der Waals surface area contributed by atoms with Crippen molar-refractivity contribution < 1.29 is 4.79 Å². The summed E-state index contributed by atoms with van der Waals surface area (Å²) < 4.78 is 0. The SMILES string of the molecule is Cc1ccc2ccccc2c1-c1ccc(C=O)cc1. The molecule has 0 aromatic heterocycles. The first-order valence-electron chi connectivity index (χ1n) is 6.33. The molecule has 0 spiro atoms. The summed E-state index contributed by atoms with van der Waals surface area (Å²) in [6.07, 6.45) is 0.875. The van der Waals surface area contributed by atoms with Crippen LogP contribution in [-0.2, 0) is 0 Å². The Morgan fingerprint density at radius 3 is 2.32 bits per heavy atom. The van der Waals surface area contributed by atoms with Crippen LogP contribution in [0.2, 0.25) is 0 Å². The standard InChI is InChI=1S/C18H14O/c1-13-6-9-15-4-2-3-5-17(15)18(13)16-10-7-14(12-19)8-11-16/h2-12H,1H3. The van der Waals surface area contributed by atoms with E-state index in [0.29, 0.717) is 5.56 Å².